The summed E-state index contributed by atoms with van der Waals surface area (Å²) in [6, 6.07) is 10.3. The molecule has 29 heavy (non-hydrogen) atoms. The van der Waals surface area contributed by atoms with Gasteiger partial charge in [-0.3, -0.25) is 4.99 Å². The van der Waals surface area contributed by atoms with Gasteiger partial charge in [-0.25, -0.2) is 4.68 Å². The van der Waals surface area contributed by atoms with Crippen molar-refractivity contribution in [2.45, 2.75) is 40.2 Å². The van der Waals surface area contributed by atoms with Crippen molar-refractivity contribution in [1.82, 2.24) is 30.6 Å². The van der Waals surface area contributed by atoms with Gasteiger partial charge in [0, 0.05) is 32.3 Å². The lowest BCUT2D eigenvalue weighted by molar-refractivity contribution is 0.372. The molecule has 0 aliphatic carbocycles. The molecule has 2 N–H and O–H groups in total. The molecule has 156 valence electrons. The molecular weight excluding hydrogens is 481 g/mol. The molecule has 3 rings (SSSR count). The van der Waals surface area contributed by atoms with Gasteiger partial charge in [-0.1, -0.05) is 23.4 Å². The first-order chi connectivity index (χ1) is 13.6. The Labute approximate surface area is 188 Å². The number of guanidine groups is 1. The number of benzene rings is 1. The summed E-state index contributed by atoms with van der Waals surface area (Å²) in [6.45, 7) is 7.31. The van der Waals surface area contributed by atoms with Crippen LogP contribution in [-0.2, 0) is 13.0 Å². The fourth-order valence-corrected chi connectivity index (χ4v) is 3.03. The maximum atomic E-state index is 5.13. The Morgan fingerprint density at radius 3 is 2.62 bits per heavy atom. The zero-order valence-corrected chi connectivity index (χ0v) is 19.6. The molecule has 0 atom stereocenters. The third-order valence-electron chi connectivity index (χ3n) is 4.33. The molecule has 1 aromatic carbocycles. The molecule has 0 unspecified atom stereocenters. The second-order valence-corrected chi connectivity index (χ2v) is 6.66. The largest absolute Gasteiger partial charge is 0.356 e. The van der Waals surface area contributed by atoms with Gasteiger partial charge < -0.3 is 15.2 Å². The zero-order valence-electron chi connectivity index (χ0n) is 17.3. The second kappa shape index (κ2) is 10.9. The van der Waals surface area contributed by atoms with E-state index in [2.05, 4.69) is 56.0 Å². The maximum absolute atomic E-state index is 5.13. The van der Waals surface area contributed by atoms with Crippen LogP contribution in [0.15, 0.2) is 39.8 Å². The van der Waals surface area contributed by atoms with Gasteiger partial charge in [0.1, 0.15) is 0 Å². The van der Waals surface area contributed by atoms with E-state index in [0.717, 1.165) is 48.0 Å². The lowest BCUT2D eigenvalue weighted by atomic mass is 10.1. The van der Waals surface area contributed by atoms with Crippen LogP contribution in [0.3, 0.4) is 0 Å². The average molecular weight is 509 g/mol. The predicted molar refractivity (Wildman–Crippen MR) is 124 cm³/mol. The molecule has 0 saturated heterocycles. The van der Waals surface area contributed by atoms with Crippen LogP contribution in [-0.4, -0.2) is 39.5 Å². The van der Waals surface area contributed by atoms with E-state index in [-0.39, 0.29) is 24.0 Å². The highest BCUT2D eigenvalue weighted by Crippen LogP contribution is 2.16. The SMILES string of the molecule is CN=C(NCCCc1nc(C)no1)NCc1ccccc1-n1nc(C)cc1C.I. The van der Waals surface area contributed by atoms with Crippen molar-refractivity contribution in [3.8, 4) is 5.69 Å². The minimum absolute atomic E-state index is 0. The van der Waals surface area contributed by atoms with Crippen molar-refractivity contribution in [2.75, 3.05) is 13.6 Å². The number of halogens is 1. The van der Waals surface area contributed by atoms with Crippen molar-refractivity contribution in [3.05, 3.63) is 59.0 Å². The van der Waals surface area contributed by atoms with Crippen molar-refractivity contribution in [1.29, 1.82) is 0 Å². The molecule has 2 heterocycles. The average Bonchev–Trinajstić information content (AvgIpc) is 3.25. The number of para-hydroxylation sites is 1. The number of aliphatic imine (C=N–C) groups is 1. The molecule has 9 heteroatoms. The summed E-state index contributed by atoms with van der Waals surface area (Å²) in [5.74, 6) is 2.09. The molecular formula is C20H28IN7O. The molecule has 0 saturated carbocycles. The summed E-state index contributed by atoms with van der Waals surface area (Å²) in [4.78, 5) is 8.51. The molecule has 3 aromatic rings. The van der Waals surface area contributed by atoms with Crippen molar-refractivity contribution < 1.29 is 4.52 Å². The molecule has 0 aliphatic rings. The molecule has 0 aliphatic heterocycles. The van der Waals surface area contributed by atoms with Crippen molar-refractivity contribution in [3.63, 3.8) is 0 Å². The maximum Gasteiger partial charge on any atom is 0.226 e. The fraction of sp³-hybridized carbons (Fsp3) is 0.400. The number of aryl methyl sites for hydroxylation is 4. The van der Waals surface area contributed by atoms with Crippen LogP contribution in [0.4, 0.5) is 0 Å². The van der Waals surface area contributed by atoms with Gasteiger partial charge in [0.25, 0.3) is 0 Å². The lowest BCUT2D eigenvalue weighted by Crippen LogP contribution is -2.37. The van der Waals surface area contributed by atoms with Gasteiger partial charge in [0.2, 0.25) is 5.89 Å². The van der Waals surface area contributed by atoms with E-state index in [4.69, 9.17) is 4.52 Å². The summed E-state index contributed by atoms with van der Waals surface area (Å²) >= 11 is 0. The van der Waals surface area contributed by atoms with E-state index in [9.17, 15) is 0 Å². The van der Waals surface area contributed by atoms with Gasteiger partial charge in [-0.05, 0) is 44.9 Å². The van der Waals surface area contributed by atoms with Crippen LogP contribution in [0.2, 0.25) is 0 Å². The second-order valence-electron chi connectivity index (χ2n) is 6.66. The van der Waals surface area contributed by atoms with E-state index in [0.29, 0.717) is 18.3 Å². The summed E-state index contributed by atoms with van der Waals surface area (Å²) in [5, 5.41) is 15.1. The highest BCUT2D eigenvalue weighted by molar-refractivity contribution is 14.0. The van der Waals surface area contributed by atoms with Crippen LogP contribution in [0.5, 0.6) is 0 Å². The first kappa shape index (κ1) is 22.9. The van der Waals surface area contributed by atoms with E-state index in [1.54, 1.807) is 7.05 Å². The minimum Gasteiger partial charge on any atom is -0.356 e. The Hall–Kier alpha value is -2.43. The Bertz CT molecular complexity index is 948. The summed E-state index contributed by atoms with van der Waals surface area (Å²) < 4.78 is 7.11. The number of nitrogens with one attached hydrogen (secondary N) is 2. The minimum atomic E-state index is 0. The van der Waals surface area contributed by atoms with E-state index >= 15 is 0 Å². The first-order valence-corrected chi connectivity index (χ1v) is 9.42. The van der Waals surface area contributed by atoms with Crippen LogP contribution in [0.25, 0.3) is 5.69 Å². The van der Waals surface area contributed by atoms with Gasteiger partial charge >= 0.3 is 0 Å². The molecule has 0 radical (unpaired) electrons. The third-order valence-corrected chi connectivity index (χ3v) is 4.33. The Balaban J connectivity index is 0.00000300. The molecule has 8 nitrogen and oxygen atoms in total. The number of hydrogen-bond donors (Lipinski definition) is 2. The highest BCUT2D eigenvalue weighted by atomic mass is 127. The standard InChI is InChI=1S/C20H27N7O.HI/c1-14-12-15(2)27(25-14)18-9-6-5-8-17(18)13-23-20(21-4)22-11-7-10-19-24-16(3)26-28-19;/h5-6,8-9,12H,7,10-11,13H2,1-4H3,(H2,21,22,23);1H. The normalized spacial score (nSPS) is 11.2. The zero-order chi connectivity index (χ0) is 19.9. The smallest absolute Gasteiger partial charge is 0.226 e. The monoisotopic (exact) mass is 509 g/mol. The van der Waals surface area contributed by atoms with Crippen molar-refractivity contribution in [2.24, 2.45) is 4.99 Å². The van der Waals surface area contributed by atoms with Gasteiger partial charge in [-0.15, -0.1) is 24.0 Å². The predicted octanol–water partition coefficient (Wildman–Crippen LogP) is 3.10. The summed E-state index contributed by atoms with van der Waals surface area (Å²) in [7, 11) is 1.77. The Kier molecular flexibility index (Phi) is 8.62. The molecule has 0 bridgehead atoms. The summed E-state index contributed by atoms with van der Waals surface area (Å²) in [6.07, 6.45) is 1.62. The number of aromatic nitrogens is 4. The van der Waals surface area contributed by atoms with Crippen LogP contribution < -0.4 is 10.6 Å². The molecule has 0 spiro atoms. The lowest BCUT2D eigenvalue weighted by Gasteiger charge is -2.15. The molecule has 0 fully saturated rings. The van der Waals surface area contributed by atoms with Crippen LogP contribution >= 0.6 is 24.0 Å². The van der Waals surface area contributed by atoms with Gasteiger partial charge in [0.15, 0.2) is 11.8 Å². The van der Waals surface area contributed by atoms with E-state index < -0.39 is 0 Å². The first-order valence-electron chi connectivity index (χ1n) is 9.42. The quantitative estimate of drug-likeness (QED) is 0.220. The third kappa shape index (κ3) is 6.28. The van der Waals surface area contributed by atoms with Gasteiger partial charge in [-0.2, -0.15) is 10.1 Å². The van der Waals surface area contributed by atoms with E-state index in [1.807, 2.05) is 30.7 Å². The van der Waals surface area contributed by atoms with Gasteiger partial charge in [0.05, 0.1) is 11.4 Å². The topological polar surface area (TPSA) is 93.2 Å². The summed E-state index contributed by atoms with van der Waals surface area (Å²) in [5.41, 5.74) is 4.35. The number of nitrogens with zero attached hydrogens (tertiary/aromatic N) is 5. The van der Waals surface area contributed by atoms with Crippen LogP contribution in [0, 0.1) is 20.8 Å². The molecule has 2 aromatic heterocycles. The fourth-order valence-electron chi connectivity index (χ4n) is 3.03. The Morgan fingerprint density at radius 1 is 1.17 bits per heavy atom. The van der Waals surface area contributed by atoms with E-state index in [1.165, 1.54) is 0 Å². The number of hydrogen-bond acceptors (Lipinski definition) is 5. The number of rotatable bonds is 7. The van der Waals surface area contributed by atoms with Crippen molar-refractivity contribution >= 4 is 29.9 Å². The van der Waals surface area contributed by atoms with Crippen LogP contribution in [0.1, 0.15) is 35.1 Å². The Morgan fingerprint density at radius 2 is 1.97 bits per heavy atom. The molecule has 0 amide bonds. The highest BCUT2D eigenvalue weighted by Gasteiger charge is 2.09.